The molecule has 124 valence electrons. The molecule has 1 amide bonds. The second kappa shape index (κ2) is 6.16. The monoisotopic (exact) mass is 313 g/mol. The van der Waals surface area contributed by atoms with E-state index < -0.39 is 0 Å². The van der Waals surface area contributed by atoms with Gasteiger partial charge in [-0.3, -0.25) is 9.69 Å². The van der Waals surface area contributed by atoms with Gasteiger partial charge < -0.3 is 10.2 Å². The molecule has 4 rings (SSSR count). The van der Waals surface area contributed by atoms with Gasteiger partial charge in [0.15, 0.2) is 0 Å². The molecule has 1 aliphatic carbocycles. The third kappa shape index (κ3) is 3.23. The number of carbonyl (C=O) groups excluding carboxylic acids is 1. The number of hydrogen-bond acceptors (Lipinski definition) is 3. The van der Waals surface area contributed by atoms with Gasteiger partial charge in [0.25, 0.3) is 5.91 Å². The molecule has 2 atom stereocenters. The maximum absolute atomic E-state index is 12.5. The first-order valence-corrected chi connectivity index (χ1v) is 9.10. The van der Waals surface area contributed by atoms with E-state index in [-0.39, 0.29) is 5.91 Å². The van der Waals surface area contributed by atoms with E-state index in [0.29, 0.717) is 12.0 Å². The van der Waals surface area contributed by atoms with Gasteiger partial charge in [-0.2, -0.15) is 0 Å². The van der Waals surface area contributed by atoms with Crippen LogP contribution >= 0.6 is 0 Å². The van der Waals surface area contributed by atoms with Crippen LogP contribution in [0.2, 0.25) is 0 Å². The zero-order valence-electron chi connectivity index (χ0n) is 14.0. The Kier molecular flexibility index (Phi) is 4.02. The number of nitrogens with one attached hydrogen (secondary N) is 1. The molecule has 3 aliphatic rings. The van der Waals surface area contributed by atoms with Crippen LogP contribution in [0.1, 0.15) is 43.0 Å². The maximum atomic E-state index is 12.5. The summed E-state index contributed by atoms with van der Waals surface area (Å²) in [4.78, 5) is 17.5. The largest absolute Gasteiger partial charge is 0.372 e. The van der Waals surface area contributed by atoms with Crippen LogP contribution in [0.4, 0.5) is 5.69 Å². The van der Waals surface area contributed by atoms with Crippen molar-refractivity contribution in [2.75, 3.05) is 31.1 Å². The van der Waals surface area contributed by atoms with Gasteiger partial charge in [0, 0.05) is 49.5 Å². The third-order valence-electron chi connectivity index (χ3n) is 5.62. The van der Waals surface area contributed by atoms with Gasteiger partial charge in [-0.25, -0.2) is 0 Å². The smallest absolute Gasteiger partial charge is 0.251 e. The minimum Gasteiger partial charge on any atom is -0.372 e. The fourth-order valence-electron chi connectivity index (χ4n) is 3.98. The first kappa shape index (κ1) is 15.0. The molecule has 4 heteroatoms. The summed E-state index contributed by atoms with van der Waals surface area (Å²) in [6, 6.07) is 9.21. The van der Waals surface area contributed by atoms with Gasteiger partial charge in [-0.05, 0) is 55.9 Å². The number of rotatable bonds is 4. The van der Waals surface area contributed by atoms with Crippen LogP contribution < -0.4 is 10.2 Å². The number of nitrogens with zero attached hydrogens (tertiary/aromatic N) is 2. The zero-order chi connectivity index (χ0) is 15.8. The molecule has 1 aromatic carbocycles. The summed E-state index contributed by atoms with van der Waals surface area (Å²) in [5.74, 6) is 0.621. The lowest BCUT2D eigenvalue weighted by atomic mass is 10.1. The SMILES string of the molecule is CC1CN(C2CC2)CC1NC(=O)c1ccc(N2CCCC2)cc1. The summed E-state index contributed by atoms with van der Waals surface area (Å²) in [5.41, 5.74) is 2.03. The highest BCUT2D eigenvalue weighted by Crippen LogP contribution is 2.31. The molecule has 3 fully saturated rings. The lowest BCUT2D eigenvalue weighted by Gasteiger charge is -2.19. The van der Waals surface area contributed by atoms with Crippen LogP contribution in [0.25, 0.3) is 0 Å². The summed E-state index contributed by atoms with van der Waals surface area (Å²) < 4.78 is 0. The van der Waals surface area contributed by atoms with Gasteiger partial charge in [0.2, 0.25) is 0 Å². The number of carbonyl (C=O) groups is 1. The fraction of sp³-hybridized carbons (Fsp3) is 0.632. The lowest BCUT2D eigenvalue weighted by Crippen LogP contribution is -2.40. The molecule has 4 nitrogen and oxygen atoms in total. The highest BCUT2D eigenvalue weighted by atomic mass is 16.1. The first-order chi connectivity index (χ1) is 11.2. The van der Waals surface area contributed by atoms with E-state index >= 15 is 0 Å². The molecule has 0 bridgehead atoms. The van der Waals surface area contributed by atoms with Crippen LogP contribution in [0.3, 0.4) is 0 Å². The Balaban J connectivity index is 1.36. The van der Waals surface area contributed by atoms with Crippen molar-refractivity contribution in [1.29, 1.82) is 0 Å². The van der Waals surface area contributed by atoms with Crippen molar-refractivity contribution in [3.63, 3.8) is 0 Å². The van der Waals surface area contributed by atoms with E-state index in [0.717, 1.165) is 37.8 Å². The Bertz CT molecular complexity index is 560. The van der Waals surface area contributed by atoms with Crippen molar-refractivity contribution in [2.24, 2.45) is 5.92 Å². The number of likely N-dealkylation sites (tertiary alicyclic amines) is 1. The molecule has 1 saturated carbocycles. The lowest BCUT2D eigenvalue weighted by molar-refractivity contribution is 0.0931. The van der Waals surface area contributed by atoms with Crippen molar-refractivity contribution in [3.8, 4) is 0 Å². The zero-order valence-corrected chi connectivity index (χ0v) is 14.0. The average Bonchev–Trinajstić information content (AvgIpc) is 3.14. The minimum atomic E-state index is 0.0764. The maximum Gasteiger partial charge on any atom is 0.251 e. The summed E-state index contributed by atoms with van der Waals surface area (Å²) >= 11 is 0. The fourth-order valence-corrected chi connectivity index (χ4v) is 3.98. The third-order valence-corrected chi connectivity index (χ3v) is 5.62. The topological polar surface area (TPSA) is 35.6 Å². The predicted octanol–water partition coefficient (Wildman–Crippen LogP) is 2.50. The summed E-state index contributed by atoms with van der Waals surface area (Å²) in [5, 5.41) is 3.25. The van der Waals surface area contributed by atoms with Gasteiger partial charge in [0.05, 0.1) is 0 Å². The Morgan fingerprint density at radius 3 is 2.43 bits per heavy atom. The van der Waals surface area contributed by atoms with Gasteiger partial charge in [-0.15, -0.1) is 0 Å². The van der Waals surface area contributed by atoms with Gasteiger partial charge in [-0.1, -0.05) is 6.92 Å². The van der Waals surface area contributed by atoms with Crippen molar-refractivity contribution < 1.29 is 4.79 Å². The number of hydrogen-bond donors (Lipinski definition) is 1. The molecule has 2 unspecified atom stereocenters. The van der Waals surface area contributed by atoms with E-state index in [1.54, 1.807) is 0 Å². The van der Waals surface area contributed by atoms with E-state index in [1.807, 2.05) is 12.1 Å². The second-order valence-corrected chi connectivity index (χ2v) is 7.48. The van der Waals surface area contributed by atoms with Gasteiger partial charge >= 0.3 is 0 Å². The molecular formula is C19H27N3O. The summed E-state index contributed by atoms with van der Waals surface area (Å²) in [6.45, 7) is 6.68. The molecule has 2 saturated heterocycles. The molecule has 1 aromatic rings. The minimum absolute atomic E-state index is 0.0764. The molecule has 0 spiro atoms. The van der Waals surface area contributed by atoms with Crippen molar-refractivity contribution >= 4 is 11.6 Å². The quantitative estimate of drug-likeness (QED) is 0.928. The van der Waals surface area contributed by atoms with Gasteiger partial charge in [0.1, 0.15) is 0 Å². The van der Waals surface area contributed by atoms with Crippen LogP contribution in [-0.2, 0) is 0 Å². The Hall–Kier alpha value is -1.55. The summed E-state index contributed by atoms with van der Waals surface area (Å²) in [6.07, 6.45) is 5.23. The van der Waals surface area contributed by atoms with Crippen molar-refractivity contribution in [3.05, 3.63) is 29.8 Å². The molecule has 2 heterocycles. The Labute approximate surface area is 138 Å². The van der Waals surface area contributed by atoms with Crippen LogP contribution in [0, 0.1) is 5.92 Å². The van der Waals surface area contributed by atoms with E-state index in [2.05, 4.69) is 34.2 Å². The molecule has 0 radical (unpaired) electrons. The Morgan fingerprint density at radius 1 is 1.09 bits per heavy atom. The molecule has 23 heavy (non-hydrogen) atoms. The highest BCUT2D eigenvalue weighted by Gasteiger charge is 2.38. The van der Waals surface area contributed by atoms with Crippen LogP contribution in [0.5, 0.6) is 0 Å². The molecule has 2 aliphatic heterocycles. The van der Waals surface area contributed by atoms with Crippen LogP contribution in [0.15, 0.2) is 24.3 Å². The number of amides is 1. The molecule has 1 N–H and O–H groups in total. The standard InChI is InChI=1S/C19H27N3O/c1-14-12-22(17-8-9-17)13-18(14)20-19(23)15-4-6-16(7-5-15)21-10-2-3-11-21/h4-7,14,17-18H,2-3,8-13H2,1H3,(H,20,23). The van der Waals surface area contributed by atoms with E-state index in [4.69, 9.17) is 0 Å². The molecular weight excluding hydrogens is 286 g/mol. The highest BCUT2D eigenvalue weighted by molar-refractivity contribution is 5.94. The van der Waals surface area contributed by atoms with E-state index in [9.17, 15) is 4.79 Å². The van der Waals surface area contributed by atoms with Crippen molar-refractivity contribution in [2.45, 2.75) is 44.7 Å². The van der Waals surface area contributed by atoms with Crippen molar-refractivity contribution in [1.82, 2.24) is 10.2 Å². The molecule has 0 aromatic heterocycles. The second-order valence-electron chi connectivity index (χ2n) is 7.48. The normalized spacial score (nSPS) is 28.3. The Morgan fingerprint density at radius 2 is 1.78 bits per heavy atom. The van der Waals surface area contributed by atoms with Crippen LogP contribution in [-0.4, -0.2) is 49.1 Å². The average molecular weight is 313 g/mol. The predicted molar refractivity (Wildman–Crippen MR) is 92.9 cm³/mol. The van der Waals surface area contributed by atoms with E-state index in [1.165, 1.54) is 31.4 Å². The number of anilines is 1. The first-order valence-electron chi connectivity index (χ1n) is 9.10. The number of benzene rings is 1. The summed E-state index contributed by atoms with van der Waals surface area (Å²) in [7, 11) is 0.